The fourth-order valence-corrected chi connectivity index (χ4v) is 31.4. The Morgan fingerprint density at radius 1 is 0.237 bits per heavy atom. The first-order valence-electron chi connectivity index (χ1n) is 46.0. The second-order valence-corrected chi connectivity index (χ2v) is 41.8. The summed E-state index contributed by atoms with van der Waals surface area (Å²) < 4.78 is 30.1. The van der Waals surface area contributed by atoms with Gasteiger partial charge in [0, 0.05) is 43.1 Å². The zero-order valence-electron chi connectivity index (χ0n) is 68.0. The predicted molar refractivity (Wildman–Crippen MR) is 465 cm³/mol. The maximum atomic E-state index is 17.4. The summed E-state index contributed by atoms with van der Waals surface area (Å²) in [5.41, 5.74) is 8.03. The van der Waals surface area contributed by atoms with Crippen molar-refractivity contribution in [2.75, 3.05) is 9.80 Å². The number of hydrogen-bond donors (Lipinski definition) is 0. The van der Waals surface area contributed by atoms with Gasteiger partial charge in [-0.2, -0.15) is 0 Å². The van der Waals surface area contributed by atoms with Crippen molar-refractivity contribution in [1.82, 2.24) is 0 Å². The summed E-state index contributed by atoms with van der Waals surface area (Å²) in [6, 6.07) is 59.9. The van der Waals surface area contributed by atoms with E-state index in [2.05, 4.69) is 36.4 Å². The number of hydrogen-bond acceptors (Lipinski definition) is 8. The van der Waals surface area contributed by atoms with Gasteiger partial charge in [0.15, 0.2) is 0 Å². The van der Waals surface area contributed by atoms with Crippen LogP contribution in [0.5, 0.6) is 46.0 Å². The predicted octanol–water partition coefficient (Wildman–Crippen LogP) is 27.1. The molecular weight excluding hydrogens is 1450 g/mol. The molecule has 0 radical (unpaired) electrons. The molecule has 16 saturated carbocycles. The van der Waals surface area contributed by atoms with Crippen LogP contribution in [0.3, 0.4) is 0 Å². The summed E-state index contributed by atoms with van der Waals surface area (Å²) in [5, 5.41) is 4.07. The minimum atomic E-state index is -0.410. The maximum Gasteiger partial charge on any atom is 0.266 e. The van der Waals surface area contributed by atoms with Crippen LogP contribution >= 0.6 is 0 Å². The van der Waals surface area contributed by atoms with Gasteiger partial charge in [-0.05, 0) is 393 Å². The number of para-hydroxylation sites is 6. The Bertz CT molecular complexity index is 5130. The molecule has 596 valence electrons. The third kappa shape index (κ3) is 11.6. The fourth-order valence-electron chi connectivity index (χ4n) is 31.4. The average Bonchev–Trinajstić information content (AvgIpc) is 0.667. The van der Waals surface area contributed by atoms with Crippen molar-refractivity contribution in [2.45, 2.75) is 205 Å². The Morgan fingerprint density at radius 3 is 0.627 bits per heavy atom. The molecule has 10 nitrogen and oxygen atoms in total. The first-order chi connectivity index (χ1) is 57.7. The summed E-state index contributed by atoms with van der Waals surface area (Å²) in [6.45, 7) is 0. The molecule has 2 aliphatic heterocycles. The molecule has 0 aromatic heterocycles. The molecule has 16 fully saturated rings. The van der Waals surface area contributed by atoms with E-state index < -0.39 is 23.6 Å². The number of anilines is 2. The van der Waals surface area contributed by atoms with E-state index in [1.54, 1.807) is 9.80 Å². The maximum absolute atomic E-state index is 17.4. The monoisotopic (exact) mass is 1560 g/mol. The summed E-state index contributed by atoms with van der Waals surface area (Å²) in [6.07, 6.45) is 38.9. The lowest BCUT2D eigenvalue weighted by atomic mass is 9.48. The minimum Gasteiger partial charge on any atom is -0.457 e. The smallest absolute Gasteiger partial charge is 0.266 e. The molecule has 0 atom stereocenters. The number of rotatable bonds is 22. The molecule has 0 spiro atoms. The topological polar surface area (TPSA) is 112 Å². The normalized spacial score (nSPS) is 31.4. The van der Waals surface area contributed by atoms with E-state index in [1.165, 1.54) is 154 Å². The Morgan fingerprint density at radius 2 is 0.432 bits per heavy atom. The molecule has 11 aromatic rings. The zero-order valence-corrected chi connectivity index (χ0v) is 68.0. The van der Waals surface area contributed by atoms with E-state index in [1.807, 2.05) is 146 Å². The molecule has 16 aliphatic carbocycles. The van der Waals surface area contributed by atoms with Crippen LogP contribution in [0.2, 0.25) is 0 Å². The van der Waals surface area contributed by atoms with E-state index in [0.717, 1.165) is 156 Å². The highest BCUT2D eigenvalue weighted by Gasteiger charge is 2.56. The van der Waals surface area contributed by atoms with Gasteiger partial charge in [-0.3, -0.25) is 19.2 Å². The van der Waals surface area contributed by atoms with E-state index in [4.69, 9.17) is 18.9 Å². The molecule has 118 heavy (non-hydrogen) atoms. The van der Waals surface area contributed by atoms with Crippen molar-refractivity contribution in [3.8, 4) is 46.0 Å². The number of carbonyl (C=O) groups excluding carboxylic acids is 4. The van der Waals surface area contributed by atoms with Gasteiger partial charge in [0.05, 0.1) is 33.6 Å². The van der Waals surface area contributed by atoms with E-state index in [0.29, 0.717) is 111 Å². The number of aryl methyl sites for hydroxylation is 4. The third-order valence-electron chi connectivity index (χ3n) is 34.0. The van der Waals surface area contributed by atoms with Gasteiger partial charge < -0.3 is 18.9 Å². The van der Waals surface area contributed by atoms with E-state index in [9.17, 15) is 0 Å². The van der Waals surface area contributed by atoms with Crippen molar-refractivity contribution in [1.29, 1.82) is 0 Å². The lowest BCUT2D eigenvalue weighted by molar-refractivity contribution is -0.0572. The first-order valence-corrected chi connectivity index (χ1v) is 46.0. The van der Waals surface area contributed by atoms with Crippen LogP contribution in [0.15, 0.2) is 182 Å². The first kappa shape index (κ1) is 71.1. The Labute approximate surface area is 692 Å². The van der Waals surface area contributed by atoms with Crippen molar-refractivity contribution >= 4 is 78.1 Å². The third-order valence-corrected chi connectivity index (χ3v) is 34.0. The van der Waals surface area contributed by atoms with Crippen LogP contribution in [-0.2, 0) is 25.7 Å². The lowest BCUT2D eigenvalue weighted by Gasteiger charge is -2.57. The molecule has 0 N–H and O–H groups in total. The molecule has 0 unspecified atom stereocenters. The Hall–Kier alpha value is -9.80. The second kappa shape index (κ2) is 26.9. The van der Waals surface area contributed by atoms with Gasteiger partial charge >= 0.3 is 0 Å². The Balaban J connectivity index is 0.719. The SMILES string of the molecule is O=C1c2cc(Oc3ccccc3)c3c4c(Oc5ccccc5)cc5c6c(cc(Oc7ccccc7)c(c7c(Oc8ccccc8)cc(c2c37)C(=O)N1c1c(CCC23CC7CC(CC(C7)C2)C3)cccc1CCC12CC3CC(CC(C3)C1)C2)c64)C(=O)N(c1c(CCC23CC4CC(CC(C4)C2)C3)cccc1CCC12CC3CC(CC(C3)C1)C2)C5=O. The van der Waals surface area contributed by atoms with Crippen molar-refractivity contribution in [3.05, 3.63) is 226 Å². The van der Waals surface area contributed by atoms with E-state index >= 15 is 19.2 Å². The molecule has 4 amide bonds. The van der Waals surface area contributed by atoms with Crippen LogP contribution in [0.25, 0.3) is 43.1 Å². The van der Waals surface area contributed by atoms with Gasteiger partial charge in [0.2, 0.25) is 0 Å². The quantitative estimate of drug-likeness (QED) is 0.0375. The number of fused-ring (bicyclic) bond motifs is 2. The molecule has 16 bridgehead atoms. The highest BCUT2D eigenvalue weighted by Crippen LogP contribution is 2.68. The minimum absolute atomic E-state index is 0.254. The highest BCUT2D eigenvalue weighted by atomic mass is 16.5. The van der Waals surface area contributed by atoms with Crippen molar-refractivity contribution in [2.24, 2.45) is 92.7 Å². The molecule has 0 saturated heterocycles. The van der Waals surface area contributed by atoms with E-state index in [-0.39, 0.29) is 21.7 Å². The summed E-state index contributed by atoms with van der Waals surface area (Å²) >= 11 is 0. The van der Waals surface area contributed by atoms with Crippen LogP contribution < -0.4 is 28.7 Å². The number of benzene rings is 11. The van der Waals surface area contributed by atoms with Crippen LogP contribution in [0.4, 0.5) is 11.4 Å². The Kier molecular flexibility index (Phi) is 16.2. The fraction of sp³-hybridized carbons (Fsp3) is 0.444. The number of carbonyl (C=O) groups is 4. The standard InChI is InChI=1S/C108H106N2O8/c111-101-83-47-87(115-79-19-5-1-6-20-79)93-94-88(116-80-21-7-2-8-22-80)48-85-92-86(104(114)110(103(85)113)100-77(29-33-107-57-69-41-70(58-107)43-71(42-69)59-107)17-14-18-78(100)30-34-108-60-72-44-73(61-108)46-74(45-72)62-108)50-90(118-82-25-11-4-12-26-82)96(98(92)94)95-89(117-81-23-9-3-10-24-81)49-84(91(83)97(93)95)102(112)109(101)99-75(27-31-105-51-63-35-64(52-105)37-65(36-63)53-105)15-13-16-76(99)28-32-106-54-66-38-67(55-106)40-68(39-66)56-106/h1-26,47-50,63-74H,27-46,51-62H2. The molecule has 2 heterocycles. The van der Waals surface area contributed by atoms with Gasteiger partial charge in [-0.25, -0.2) is 9.80 Å². The molecular formula is C108H106N2O8. The molecule has 29 rings (SSSR count). The number of nitrogens with zero attached hydrogens (tertiary/aromatic N) is 2. The highest BCUT2D eigenvalue weighted by molar-refractivity contribution is 6.48. The lowest BCUT2D eigenvalue weighted by Crippen LogP contribution is -2.46. The zero-order chi connectivity index (χ0) is 78.1. The van der Waals surface area contributed by atoms with Crippen molar-refractivity contribution in [3.63, 3.8) is 0 Å². The van der Waals surface area contributed by atoms with Crippen molar-refractivity contribution < 1.29 is 38.1 Å². The number of imide groups is 2. The summed E-state index contributed by atoms with van der Waals surface area (Å²) in [5.74, 6) is 11.2. The molecule has 11 aromatic carbocycles. The van der Waals surface area contributed by atoms with Gasteiger partial charge in [-0.1, -0.05) is 109 Å². The van der Waals surface area contributed by atoms with Crippen LogP contribution in [0.1, 0.15) is 243 Å². The molecule has 10 heteroatoms. The molecule has 18 aliphatic rings. The summed E-state index contributed by atoms with van der Waals surface area (Å²) in [7, 11) is 0. The van der Waals surface area contributed by atoms with Gasteiger partial charge in [0.25, 0.3) is 23.6 Å². The number of amides is 4. The average molecular weight is 1560 g/mol. The largest absolute Gasteiger partial charge is 0.457 e. The van der Waals surface area contributed by atoms with Crippen LogP contribution in [-0.4, -0.2) is 23.6 Å². The van der Waals surface area contributed by atoms with Crippen LogP contribution in [0, 0.1) is 92.7 Å². The van der Waals surface area contributed by atoms with Gasteiger partial charge in [0.1, 0.15) is 46.0 Å². The number of ether oxygens (including phenoxy) is 4. The van der Waals surface area contributed by atoms with Gasteiger partial charge in [-0.15, -0.1) is 0 Å². The second-order valence-electron chi connectivity index (χ2n) is 41.8. The summed E-state index contributed by atoms with van der Waals surface area (Å²) in [4.78, 5) is 72.8.